The Hall–Kier alpha value is -2.34. The highest BCUT2D eigenvalue weighted by molar-refractivity contribution is 6.30. The molecule has 114 valence electrons. The molecule has 0 saturated carbocycles. The minimum atomic E-state index is -0.687. The number of nitrogens with zero attached hydrogens (tertiary/aromatic N) is 2. The van der Waals surface area contributed by atoms with E-state index in [2.05, 4.69) is 15.5 Å². The molecule has 0 bridgehead atoms. The Labute approximate surface area is 132 Å². The molecule has 1 aliphatic heterocycles. The van der Waals surface area contributed by atoms with E-state index in [1.807, 2.05) is 6.92 Å². The van der Waals surface area contributed by atoms with E-state index in [0.29, 0.717) is 23.8 Å². The fraction of sp³-hybridized carbons (Fsp3) is 0.267. The molecule has 1 atom stereocenters. The molecule has 2 N–H and O–H groups in total. The van der Waals surface area contributed by atoms with E-state index in [0.717, 1.165) is 11.4 Å². The molecule has 2 amide bonds. The second-order valence-corrected chi connectivity index (χ2v) is 5.67. The zero-order valence-electron chi connectivity index (χ0n) is 12.0. The van der Waals surface area contributed by atoms with Crippen LogP contribution in [0.25, 0.3) is 0 Å². The van der Waals surface area contributed by atoms with Crippen LogP contribution in [0.1, 0.15) is 12.1 Å². The van der Waals surface area contributed by atoms with Gasteiger partial charge < -0.3 is 10.2 Å². The first-order valence-corrected chi connectivity index (χ1v) is 7.32. The van der Waals surface area contributed by atoms with E-state index in [4.69, 9.17) is 11.6 Å². The molecule has 1 aliphatic rings. The van der Waals surface area contributed by atoms with E-state index < -0.39 is 5.92 Å². The zero-order valence-corrected chi connectivity index (χ0v) is 12.7. The molecule has 7 heteroatoms. The summed E-state index contributed by atoms with van der Waals surface area (Å²) in [5.41, 5.74) is 1.59. The summed E-state index contributed by atoms with van der Waals surface area (Å²) in [4.78, 5) is 26.3. The van der Waals surface area contributed by atoms with Gasteiger partial charge in [-0.15, -0.1) is 0 Å². The van der Waals surface area contributed by atoms with Crippen molar-refractivity contribution in [3.05, 3.63) is 41.0 Å². The largest absolute Gasteiger partial charge is 0.312 e. The summed E-state index contributed by atoms with van der Waals surface area (Å²) in [6, 6.07) is 8.72. The first kappa shape index (κ1) is 14.6. The van der Waals surface area contributed by atoms with E-state index in [9.17, 15) is 9.59 Å². The molecule has 1 fully saturated rings. The number of nitrogens with one attached hydrogen (secondary N) is 2. The van der Waals surface area contributed by atoms with Crippen molar-refractivity contribution in [2.75, 3.05) is 16.8 Å². The maximum absolute atomic E-state index is 12.4. The van der Waals surface area contributed by atoms with Gasteiger partial charge in [0.2, 0.25) is 11.8 Å². The molecular weight excluding hydrogens is 304 g/mol. The number of benzene rings is 1. The van der Waals surface area contributed by atoms with Crippen molar-refractivity contribution >= 4 is 34.9 Å². The number of aryl methyl sites for hydroxylation is 1. The molecule has 1 saturated heterocycles. The van der Waals surface area contributed by atoms with Crippen LogP contribution >= 0.6 is 11.6 Å². The minimum Gasteiger partial charge on any atom is -0.312 e. The van der Waals surface area contributed by atoms with Crippen molar-refractivity contribution in [1.29, 1.82) is 0 Å². The number of hydrogen-bond acceptors (Lipinski definition) is 3. The summed E-state index contributed by atoms with van der Waals surface area (Å²) in [6.45, 7) is 2.35. The monoisotopic (exact) mass is 318 g/mol. The molecular formula is C15H15ClN4O2. The zero-order chi connectivity index (χ0) is 15.7. The first-order valence-electron chi connectivity index (χ1n) is 6.94. The molecule has 22 heavy (non-hydrogen) atoms. The number of rotatable bonds is 3. The van der Waals surface area contributed by atoms with Crippen LogP contribution in [0.15, 0.2) is 30.3 Å². The van der Waals surface area contributed by atoms with Crippen LogP contribution in [-0.2, 0) is 9.59 Å². The number of amides is 2. The van der Waals surface area contributed by atoms with Crippen molar-refractivity contribution in [1.82, 2.24) is 10.2 Å². The topological polar surface area (TPSA) is 78.1 Å². The van der Waals surface area contributed by atoms with Crippen molar-refractivity contribution in [3.8, 4) is 0 Å². The Morgan fingerprint density at radius 3 is 2.77 bits per heavy atom. The highest BCUT2D eigenvalue weighted by Gasteiger charge is 2.37. The highest BCUT2D eigenvalue weighted by Crippen LogP contribution is 2.27. The molecule has 3 rings (SSSR count). The van der Waals surface area contributed by atoms with Crippen LogP contribution in [0.4, 0.5) is 11.5 Å². The number of carbonyl (C=O) groups excluding carboxylic acids is 2. The second-order valence-electron chi connectivity index (χ2n) is 5.23. The summed E-state index contributed by atoms with van der Waals surface area (Å²) >= 11 is 5.85. The van der Waals surface area contributed by atoms with Crippen LogP contribution in [0.5, 0.6) is 0 Å². The second kappa shape index (κ2) is 5.81. The van der Waals surface area contributed by atoms with Crippen molar-refractivity contribution < 1.29 is 9.59 Å². The van der Waals surface area contributed by atoms with E-state index >= 15 is 0 Å². The third kappa shape index (κ3) is 2.82. The number of aromatic amines is 1. The minimum absolute atomic E-state index is 0.202. The summed E-state index contributed by atoms with van der Waals surface area (Å²) in [5, 5.41) is 9.96. The van der Waals surface area contributed by atoms with Gasteiger partial charge >= 0.3 is 0 Å². The Morgan fingerprint density at radius 1 is 1.41 bits per heavy atom. The summed E-state index contributed by atoms with van der Waals surface area (Å²) < 4.78 is 0. The van der Waals surface area contributed by atoms with Crippen molar-refractivity contribution in [2.24, 2.45) is 5.92 Å². The standard InChI is InChI=1S/C15H15ClN4O2/c1-9-8-13(19-18-9)17-14(21)12-6-7-20(15(12)22)11-4-2-10(16)3-5-11/h2-5,8,12H,6-7H2,1H3,(H2,17,18,19,21)/t12-/m1/s1. The molecule has 6 nitrogen and oxygen atoms in total. The molecule has 1 aromatic carbocycles. The predicted molar refractivity (Wildman–Crippen MR) is 83.9 cm³/mol. The fourth-order valence-electron chi connectivity index (χ4n) is 2.50. The highest BCUT2D eigenvalue weighted by atomic mass is 35.5. The van der Waals surface area contributed by atoms with Gasteiger partial charge in [-0.3, -0.25) is 14.7 Å². The Balaban J connectivity index is 1.70. The van der Waals surface area contributed by atoms with Crippen molar-refractivity contribution in [2.45, 2.75) is 13.3 Å². The van der Waals surface area contributed by atoms with Gasteiger partial charge in [0.25, 0.3) is 0 Å². The summed E-state index contributed by atoms with van der Waals surface area (Å²) in [7, 11) is 0. The molecule has 0 aliphatic carbocycles. The Bertz CT molecular complexity index is 711. The van der Waals surface area contributed by atoms with Crippen LogP contribution in [0.2, 0.25) is 5.02 Å². The lowest BCUT2D eigenvalue weighted by Crippen LogP contribution is -2.33. The van der Waals surface area contributed by atoms with E-state index in [-0.39, 0.29) is 11.8 Å². The quantitative estimate of drug-likeness (QED) is 0.853. The average molecular weight is 319 g/mol. The van der Waals surface area contributed by atoms with Crippen molar-refractivity contribution in [3.63, 3.8) is 0 Å². The van der Waals surface area contributed by atoms with Gasteiger partial charge in [-0.05, 0) is 37.6 Å². The molecule has 1 aromatic heterocycles. The molecule has 0 radical (unpaired) electrons. The van der Waals surface area contributed by atoms with E-state index in [1.54, 1.807) is 35.2 Å². The number of carbonyl (C=O) groups is 2. The van der Waals surface area contributed by atoms with Gasteiger partial charge in [-0.1, -0.05) is 11.6 Å². The van der Waals surface area contributed by atoms with Gasteiger partial charge in [0.05, 0.1) is 0 Å². The number of anilines is 2. The number of halogens is 1. The van der Waals surface area contributed by atoms with Gasteiger partial charge in [0, 0.05) is 29.0 Å². The van der Waals surface area contributed by atoms with Crippen LogP contribution in [0, 0.1) is 12.8 Å². The molecule has 0 unspecified atom stereocenters. The number of aromatic nitrogens is 2. The SMILES string of the molecule is Cc1cc(NC(=O)[C@H]2CCN(c3ccc(Cl)cc3)C2=O)n[nH]1. The Kier molecular flexibility index (Phi) is 3.85. The van der Waals surface area contributed by atoms with Crippen LogP contribution < -0.4 is 10.2 Å². The maximum atomic E-state index is 12.4. The lowest BCUT2D eigenvalue weighted by Gasteiger charge is -2.16. The maximum Gasteiger partial charge on any atom is 0.239 e. The van der Waals surface area contributed by atoms with E-state index in [1.165, 1.54) is 0 Å². The smallest absolute Gasteiger partial charge is 0.239 e. The number of H-pyrrole nitrogens is 1. The molecule has 2 heterocycles. The summed E-state index contributed by atoms with van der Waals surface area (Å²) in [6.07, 6.45) is 0.483. The average Bonchev–Trinajstić information content (AvgIpc) is 3.06. The lowest BCUT2D eigenvalue weighted by atomic mass is 10.1. The van der Waals surface area contributed by atoms with Gasteiger partial charge in [0.1, 0.15) is 5.92 Å². The van der Waals surface area contributed by atoms with Gasteiger partial charge in [-0.25, -0.2) is 0 Å². The third-order valence-corrected chi connectivity index (χ3v) is 3.87. The lowest BCUT2D eigenvalue weighted by molar-refractivity contribution is -0.129. The van der Waals surface area contributed by atoms with Gasteiger partial charge in [0.15, 0.2) is 5.82 Å². The molecule has 2 aromatic rings. The Morgan fingerprint density at radius 2 is 2.14 bits per heavy atom. The van der Waals surface area contributed by atoms with Gasteiger partial charge in [-0.2, -0.15) is 5.10 Å². The predicted octanol–water partition coefficient (Wildman–Crippen LogP) is 2.36. The first-order chi connectivity index (χ1) is 10.5. The third-order valence-electron chi connectivity index (χ3n) is 3.62. The normalized spacial score (nSPS) is 17.8. The van der Waals surface area contributed by atoms with Crippen LogP contribution in [-0.4, -0.2) is 28.6 Å². The summed E-state index contributed by atoms with van der Waals surface area (Å²) in [5.74, 6) is -0.784. The van der Waals surface area contributed by atoms with Crippen LogP contribution in [0.3, 0.4) is 0 Å². The fourth-order valence-corrected chi connectivity index (χ4v) is 2.62. The molecule has 0 spiro atoms. The number of hydrogen-bond donors (Lipinski definition) is 2.